The summed E-state index contributed by atoms with van der Waals surface area (Å²) in [6.45, 7) is 4.60. The van der Waals surface area contributed by atoms with Crippen molar-refractivity contribution in [3.8, 4) is 11.4 Å². The summed E-state index contributed by atoms with van der Waals surface area (Å²) in [4.78, 5) is 28.8. The SMILES string of the molecule is CCC(=O)N1CCCC2(CCc3c(NCC4CC4)nc(-c4cccnc4)nc32)C1. The third-order valence-corrected chi connectivity index (χ3v) is 6.77. The van der Waals surface area contributed by atoms with Crippen LogP contribution in [0.2, 0.25) is 0 Å². The fourth-order valence-corrected chi connectivity index (χ4v) is 4.94. The number of carbonyl (C=O) groups is 1. The zero-order valence-electron chi connectivity index (χ0n) is 17.2. The predicted octanol–water partition coefficient (Wildman–Crippen LogP) is 3.58. The number of likely N-dealkylation sites (tertiary alicyclic amines) is 1. The van der Waals surface area contributed by atoms with Crippen LogP contribution in [0.1, 0.15) is 56.7 Å². The van der Waals surface area contributed by atoms with Crippen LogP contribution in [0.4, 0.5) is 5.82 Å². The van der Waals surface area contributed by atoms with Gasteiger partial charge in [0.15, 0.2) is 5.82 Å². The van der Waals surface area contributed by atoms with Crippen molar-refractivity contribution in [1.29, 1.82) is 0 Å². The molecule has 1 N–H and O–H groups in total. The van der Waals surface area contributed by atoms with Gasteiger partial charge in [-0.3, -0.25) is 9.78 Å². The van der Waals surface area contributed by atoms with E-state index in [0.717, 1.165) is 68.4 Å². The molecule has 1 saturated carbocycles. The van der Waals surface area contributed by atoms with Gasteiger partial charge in [0, 0.05) is 55.0 Å². The molecule has 152 valence electrons. The van der Waals surface area contributed by atoms with Crippen molar-refractivity contribution < 1.29 is 4.79 Å². The summed E-state index contributed by atoms with van der Waals surface area (Å²) < 4.78 is 0. The van der Waals surface area contributed by atoms with Gasteiger partial charge >= 0.3 is 0 Å². The molecule has 2 aliphatic carbocycles. The number of pyridine rings is 1. The average Bonchev–Trinajstić information content (AvgIpc) is 3.55. The Morgan fingerprint density at radius 1 is 1.31 bits per heavy atom. The molecule has 2 aromatic rings. The maximum Gasteiger partial charge on any atom is 0.222 e. The van der Waals surface area contributed by atoms with E-state index in [-0.39, 0.29) is 11.3 Å². The molecule has 6 heteroatoms. The highest BCUT2D eigenvalue weighted by molar-refractivity contribution is 5.76. The minimum absolute atomic E-state index is 0.0334. The number of aromatic nitrogens is 3. The Hall–Kier alpha value is -2.50. The van der Waals surface area contributed by atoms with Crippen LogP contribution >= 0.6 is 0 Å². The lowest BCUT2D eigenvalue weighted by Crippen LogP contribution is -2.47. The highest BCUT2D eigenvalue weighted by Crippen LogP contribution is 2.46. The Balaban J connectivity index is 1.55. The highest BCUT2D eigenvalue weighted by Gasteiger charge is 2.45. The van der Waals surface area contributed by atoms with E-state index < -0.39 is 0 Å². The molecule has 1 aliphatic heterocycles. The summed E-state index contributed by atoms with van der Waals surface area (Å²) in [7, 11) is 0. The van der Waals surface area contributed by atoms with E-state index in [2.05, 4.69) is 15.2 Å². The Labute approximate surface area is 172 Å². The van der Waals surface area contributed by atoms with Gasteiger partial charge < -0.3 is 10.2 Å². The Bertz CT molecular complexity index is 911. The van der Waals surface area contributed by atoms with Crippen LogP contribution in [-0.2, 0) is 16.6 Å². The van der Waals surface area contributed by atoms with Crippen molar-refractivity contribution in [2.75, 3.05) is 25.0 Å². The number of amides is 1. The predicted molar refractivity (Wildman–Crippen MR) is 113 cm³/mol. The maximum atomic E-state index is 12.4. The third kappa shape index (κ3) is 3.49. The van der Waals surface area contributed by atoms with E-state index in [9.17, 15) is 4.79 Å². The molecule has 6 nitrogen and oxygen atoms in total. The van der Waals surface area contributed by atoms with Crippen molar-refractivity contribution in [2.45, 2.75) is 57.3 Å². The average molecular weight is 392 g/mol. The van der Waals surface area contributed by atoms with Crippen molar-refractivity contribution >= 4 is 11.7 Å². The van der Waals surface area contributed by atoms with Gasteiger partial charge in [-0.2, -0.15) is 0 Å². The number of anilines is 1. The van der Waals surface area contributed by atoms with Crippen LogP contribution in [0.25, 0.3) is 11.4 Å². The van der Waals surface area contributed by atoms with E-state index in [4.69, 9.17) is 9.97 Å². The highest BCUT2D eigenvalue weighted by atomic mass is 16.2. The Kier molecular flexibility index (Phi) is 4.72. The van der Waals surface area contributed by atoms with Gasteiger partial charge in [-0.1, -0.05) is 6.92 Å². The summed E-state index contributed by atoms with van der Waals surface area (Å²) >= 11 is 0. The second kappa shape index (κ2) is 7.39. The smallest absolute Gasteiger partial charge is 0.222 e. The standard InChI is InChI=1S/C23H29N5O/c1-2-19(29)28-12-4-9-23(15-28)10-8-18-20(23)26-21(17-5-3-11-24-14-17)27-22(18)25-13-16-6-7-16/h3,5,11,14,16H,2,4,6-10,12-13,15H2,1H3,(H,25,26,27). The van der Waals surface area contributed by atoms with Crippen LogP contribution in [0.15, 0.2) is 24.5 Å². The number of rotatable bonds is 5. The van der Waals surface area contributed by atoms with E-state index >= 15 is 0 Å². The van der Waals surface area contributed by atoms with Crippen molar-refractivity contribution in [3.05, 3.63) is 35.8 Å². The number of fused-ring (bicyclic) bond motifs is 2. The molecule has 1 spiro atoms. The first kappa shape index (κ1) is 18.5. The third-order valence-electron chi connectivity index (χ3n) is 6.77. The molecular formula is C23H29N5O. The fraction of sp³-hybridized carbons (Fsp3) is 0.565. The van der Waals surface area contributed by atoms with Gasteiger partial charge in [-0.05, 0) is 56.6 Å². The van der Waals surface area contributed by atoms with Crippen molar-refractivity contribution in [1.82, 2.24) is 19.9 Å². The minimum atomic E-state index is -0.0334. The number of nitrogens with one attached hydrogen (secondary N) is 1. The van der Waals surface area contributed by atoms with E-state index in [1.54, 1.807) is 6.20 Å². The molecular weight excluding hydrogens is 362 g/mol. The zero-order chi connectivity index (χ0) is 19.8. The Morgan fingerprint density at radius 3 is 2.97 bits per heavy atom. The van der Waals surface area contributed by atoms with Gasteiger partial charge in [-0.25, -0.2) is 9.97 Å². The molecule has 3 aliphatic rings. The van der Waals surface area contributed by atoms with Crippen molar-refractivity contribution in [2.24, 2.45) is 5.92 Å². The quantitative estimate of drug-likeness (QED) is 0.844. The molecule has 1 amide bonds. The van der Waals surface area contributed by atoms with Crippen LogP contribution in [0.3, 0.4) is 0 Å². The summed E-state index contributed by atoms with van der Waals surface area (Å²) in [5.41, 5.74) is 3.35. The molecule has 0 bridgehead atoms. The van der Waals surface area contributed by atoms with Gasteiger partial charge in [0.05, 0.1) is 5.69 Å². The lowest BCUT2D eigenvalue weighted by atomic mass is 9.77. The lowest BCUT2D eigenvalue weighted by Gasteiger charge is -2.40. The first-order chi connectivity index (χ1) is 14.2. The topological polar surface area (TPSA) is 71.0 Å². The van der Waals surface area contributed by atoms with Gasteiger partial charge in [-0.15, -0.1) is 0 Å². The second-order valence-electron chi connectivity index (χ2n) is 8.84. The molecule has 3 heterocycles. The maximum absolute atomic E-state index is 12.4. The van der Waals surface area contributed by atoms with E-state index in [0.29, 0.717) is 6.42 Å². The lowest BCUT2D eigenvalue weighted by molar-refractivity contribution is -0.133. The van der Waals surface area contributed by atoms with Gasteiger partial charge in [0.2, 0.25) is 5.91 Å². The number of nitrogens with zero attached hydrogens (tertiary/aromatic N) is 4. The second-order valence-corrected chi connectivity index (χ2v) is 8.84. The molecule has 5 rings (SSSR count). The molecule has 29 heavy (non-hydrogen) atoms. The summed E-state index contributed by atoms with van der Waals surface area (Å²) in [6.07, 6.45) is 11.0. The number of hydrogen-bond donors (Lipinski definition) is 1. The summed E-state index contributed by atoms with van der Waals surface area (Å²) in [5.74, 6) is 2.78. The molecule has 2 aromatic heterocycles. The monoisotopic (exact) mass is 391 g/mol. The summed E-state index contributed by atoms with van der Waals surface area (Å²) in [5, 5.41) is 3.63. The number of hydrogen-bond acceptors (Lipinski definition) is 5. The molecule has 1 saturated heterocycles. The first-order valence-corrected chi connectivity index (χ1v) is 11.0. The summed E-state index contributed by atoms with van der Waals surface area (Å²) in [6, 6.07) is 3.95. The first-order valence-electron chi connectivity index (χ1n) is 11.0. The molecule has 0 aromatic carbocycles. The Morgan fingerprint density at radius 2 is 2.21 bits per heavy atom. The number of carbonyl (C=O) groups excluding carboxylic acids is 1. The van der Waals surface area contributed by atoms with Crippen molar-refractivity contribution in [3.63, 3.8) is 0 Å². The zero-order valence-corrected chi connectivity index (χ0v) is 17.2. The van der Waals surface area contributed by atoms with Crippen LogP contribution in [0.5, 0.6) is 0 Å². The number of piperidine rings is 1. The fourth-order valence-electron chi connectivity index (χ4n) is 4.94. The molecule has 1 unspecified atom stereocenters. The van der Waals surface area contributed by atoms with Gasteiger partial charge in [0.1, 0.15) is 5.82 Å². The van der Waals surface area contributed by atoms with Crippen LogP contribution in [-0.4, -0.2) is 45.4 Å². The van der Waals surface area contributed by atoms with Crippen LogP contribution < -0.4 is 5.32 Å². The molecule has 1 atom stereocenters. The van der Waals surface area contributed by atoms with Crippen LogP contribution in [0, 0.1) is 5.92 Å². The normalized spacial score (nSPS) is 23.3. The van der Waals surface area contributed by atoms with E-state index in [1.807, 2.05) is 25.3 Å². The minimum Gasteiger partial charge on any atom is -0.369 e. The molecule has 2 fully saturated rings. The van der Waals surface area contributed by atoms with E-state index in [1.165, 1.54) is 24.1 Å². The van der Waals surface area contributed by atoms with Gasteiger partial charge in [0.25, 0.3) is 0 Å². The molecule has 0 radical (unpaired) electrons. The largest absolute Gasteiger partial charge is 0.369 e.